The third kappa shape index (κ3) is 2.30. The van der Waals surface area contributed by atoms with Crippen LogP contribution in [-0.4, -0.2) is 24.3 Å². The highest BCUT2D eigenvalue weighted by Gasteiger charge is 2.12. The lowest BCUT2D eigenvalue weighted by molar-refractivity contribution is 0.187. The fraction of sp³-hybridized carbons (Fsp3) is 0.333. The molecule has 0 aliphatic carbocycles. The van der Waals surface area contributed by atoms with Gasteiger partial charge in [-0.15, -0.1) is 11.3 Å². The van der Waals surface area contributed by atoms with Crippen LogP contribution in [0.5, 0.6) is 0 Å². The summed E-state index contributed by atoms with van der Waals surface area (Å²) in [6, 6.07) is 1.72. The molecule has 0 amide bonds. The molecule has 0 fully saturated rings. The number of hydrogen-bond acceptors (Lipinski definition) is 4. The first kappa shape index (κ1) is 8.74. The molecule has 1 aromatic rings. The second-order valence-corrected chi connectivity index (χ2v) is 3.15. The highest BCUT2D eigenvalue weighted by Crippen LogP contribution is 2.07. The second-order valence-electron chi connectivity index (χ2n) is 2.15. The molecule has 0 spiro atoms. The van der Waals surface area contributed by atoms with Gasteiger partial charge < -0.3 is 14.8 Å². The van der Waals surface area contributed by atoms with E-state index in [1.807, 2.05) is 0 Å². The van der Waals surface area contributed by atoms with Crippen molar-refractivity contribution < 1.29 is 14.8 Å². The first-order valence-corrected chi connectivity index (χ1v) is 4.04. The molecule has 0 aliphatic rings. The van der Waals surface area contributed by atoms with E-state index in [1.165, 1.54) is 11.3 Å². The first-order valence-electron chi connectivity index (χ1n) is 3.16. The van der Waals surface area contributed by atoms with Gasteiger partial charge in [0.05, 0.1) is 6.61 Å². The maximum absolute atomic E-state index is 8.73. The summed E-state index contributed by atoms with van der Waals surface area (Å²) < 4.78 is 4.87. The number of ether oxygens (including phenoxy) is 1. The van der Waals surface area contributed by atoms with Crippen LogP contribution in [0.4, 0.5) is 0 Å². The Morgan fingerprint density at radius 3 is 2.82 bits per heavy atom. The predicted octanol–water partition coefficient (Wildman–Crippen LogP) is -0.426. The van der Waals surface area contributed by atoms with E-state index in [2.05, 4.69) is 0 Å². The monoisotopic (exact) mass is 172 g/mol. The molecular formula is C6H9BO3S. The zero-order valence-electron chi connectivity index (χ0n) is 6.15. The summed E-state index contributed by atoms with van der Waals surface area (Å²) in [7, 11) is 0.242. The number of hydrogen-bond donors (Lipinski definition) is 2. The molecule has 11 heavy (non-hydrogen) atoms. The summed E-state index contributed by atoms with van der Waals surface area (Å²) in [6.45, 7) is 0.525. The van der Waals surface area contributed by atoms with Crippen molar-refractivity contribution in [3.8, 4) is 0 Å². The quantitative estimate of drug-likeness (QED) is 0.608. The molecule has 0 saturated carbocycles. The fourth-order valence-corrected chi connectivity index (χ4v) is 1.62. The number of rotatable bonds is 3. The van der Waals surface area contributed by atoms with Gasteiger partial charge in [-0.2, -0.15) is 0 Å². The van der Waals surface area contributed by atoms with Gasteiger partial charge in [0.15, 0.2) is 0 Å². The Morgan fingerprint density at radius 2 is 2.36 bits per heavy atom. The van der Waals surface area contributed by atoms with Gasteiger partial charge >= 0.3 is 7.12 Å². The van der Waals surface area contributed by atoms with Crippen LogP contribution in [0.1, 0.15) is 4.88 Å². The minimum Gasteiger partial charge on any atom is -0.423 e. The Balaban J connectivity index is 2.66. The van der Waals surface area contributed by atoms with Crippen molar-refractivity contribution >= 4 is 23.9 Å². The molecule has 5 heteroatoms. The fourth-order valence-electron chi connectivity index (χ4n) is 0.751. The van der Waals surface area contributed by atoms with Crippen LogP contribution in [-0.2, 0) is 11.3 Å². The lowest BCUT2D eigenvalue weighted by Gasteiger charge is -1.91. The number of methoxy groups -OCH3 is 1. The molecule has 0 saturated heterocycles. The van der Waals surface area contributed by atoms with Crippen LogP contribution in [0, 0.1) is 0 Å². The highest BCUT2D eigenvalue weighted by atomic mass is 32.1. The summed E-state index contributed by atoms with van der Waals surface area (Å²) in [4.78, 5) is 0.996. The molecule has 60 valence electrons. The lowest BCUT2D eigenvalue weighted by Crippen LogP contribution is -2.27. The average Bonchev–Trinajstić information content (AvgIpc) is 2.37. The minimum absolute atomic E-state index is 0.525. The summed E-state index contributed by atoms with van der Waals surface area (Å²) >= 11 is 1.46. The maximum Gasteiger partial charge on any atom is 0.489 e. The molecule has 0 radical (unpaired) electrons. The van der Waals surface area contributed by atoms with E-state index in [-0.39, 0.29) is 0 Å². The van der Waals surface area contributed by atoms with Crippen molar-refractivity contribution in [2.45, 2.75) is 6.61 Å². The molecule has 0 unspecified atom stereocenters. The molecule has 2 N–H and O–H groups in total. The van der Waals surface area contributed by atoms with Gasteiger partial charge in [-0.05, 0) is 16.9 Å². The average molecular weight is 172 g/mol. The van der Waals surface area contributed by atoms with Crippen molar-refractivity contribution in [2.24, 2.45) is 0 Å². The smallest absolute Gasteiger partial charge is 0.423 e. The van der Waals surface area contributed by atoms with E-state index >= 15 is 0 Å². The zero-order valence-corrected chi connectivity index (χ0v) is 6.97. The lowest BCUT2D eigenvalue weighted by atomic mass is 9.83. The van der Waals surface area contributed by atoms with Gasteiger partial charge in [-0.25, -0.2) is 0 Å². The van der Waals surface area contributed by atoms with Gasteiger partial charge in [0.2, 0.25) is 0 Å². The van der Waals surface area contributed by atoms with E-state index in [9.17, 15) is 0 Å². The predicted molar refractivity (Wildman–Crippen MR) is 44.9 cm³/mol. The minimum atomic E-state index is -1.36. The van der Waals surface area contributed by atoms with E-state index in [0.717, 1.165) is 4.88 Å². The summed E-state index contributed by atoms with van der Waals surface area (Å²) in [5.74, 6) is 0. The van der Waals surface area contributed by atoms with Gasteiger partial charge in [-0.3, -0.25) is 0 Å². The largest absolute Gasteiger partial charge is 0.489 e. The Hall–Kier alpha value is -0.355. The third-order valence-electron chi connectivity index (χ3n) is 1.26. The Bertz CT molecular complexity index is 223. The van der Waals surface area contributed by atoms with Crippen LogP contribution in [0.3, 0.4) is 0 Å². The van der Waals surface area contributed by atoms with E-state index in [4.69, 9.17) is 14.8 Å². The SMILES string of the molecule is COCc1cc(B(O)O)cs1. The molecule has 1 aromatic heterocycles. The normalized spacial score (nSPS) is 10.1. The number of thiophene rings is 1. The van der Waals surface area contributed by atoms with Gasteiger partial charge in [-0.1, -0.05) is 0 Å². The second kappa shape index (κ2) is 3.87. The van der Waals surface area contributed by atoms with Crippen LogP contribution < -0.4 is 5.46 Å². The Labute approximate surface area is 69.4 Å². The molecular weight excluding hydrogens is 163 g/mol. The van der Waals surface area contributed by atoms with E-state index in [0.29, 0.717) is 12.1 Å². The van der Waals surface area contributed by atoms with Crippen molar-refractivity contribution in [2.75, 3.05) is 7.11 Å². The Morgan fingerprint density at radius 1 is 1.64 bits per heavy atom. The van der Waals surface area contributed by atoms with Crippen LogP contribution in [0.25, 0.3) is 0 Å². The van der Waals surface area contributed by atoms with E-state index in [1.54, 1.807) is 18.6 Å². The molecule has 1 heterocycles. The highest BCUT2D eigenvalue weighted by molar-refractivity contribution is 7.11. The van der Waals surface area contributed by atoms with Crippen molar-refractivity contribution in [1.82, 2.24) is 0 Å². The topological polar surface area (TPSA) is 49.7 Å². The van der Waals surface area contributed by atoms with Crippen LogP contribution in [0.15, 0.2) is 11.4 Å². The molecule has 0 atom stereocenters. The van der Waals surface area contributed by atoms with Gasteiger partial charge in [0.1, 0.15) is 0 Å². The summed E-state index contributed by atoms with van der Waals surface area (Å²) in [5.41, 5.74) is 0.530. The third-order valence-corrected chi connectivity index (χ3v) is 2.19. The summed E-state index contributed by atoms with van der Waals surface area (Å²) in [5, 5.41) is 19.2. The first-order chi connectivity index (χ1) is 5.24. The van der Waals surface area contributed by atoms with Crippen LogP contribution in [0.2, 0.25) is 0 Å². The van der Waals surface area contributed by atoms with Crippen molar-refractivity contribution in [3.05, 3.63) is 16.3 Å². The Kier molecular flexibility index (Phi) is 3.08. The van der Waals surface area contributed by atoms with Gasteiger partial charge in [0.25, 0.3) is 0 Å². The molecule has 0 bridgehead atoms. The molecule has 0 aliphatic heterocycles. The van der Waals surface area contributed by atoms with Gasteiger partial charge in [0, 0.05) is 12.0 Å². The molecule has 1 rings (SSSR count). The molecule has 0 aromatic carbocycles. The zero-order chi connectivity index (χ0) is 8.27. The maximum atomic E-state index is 8.73. The summed E-state index contributed by atoms with van der Waals surface area (Å²) in [6.07, 6.45) is 0. The van der Waals surface area contributed by atoms with Crippen molar-refractivity contribution in [3.63, 3.8) is 0 Å². The van der Waals surface area contributed by atoms with Crippen LogP contribution >= 0.6 is 11.3 Å². The molecule has 3 nitrogen and oxygen atoms in total. The standard InChI is InChI=1S/C6H9BO3S/c1-10-3-6-2-5(4-11-6)7(8)9/h2,4,8-9H,3H2,1H3. The van der Waals surface area contributed by atoms with Crippen molar-refractivity contribution in [1.29, 1.82) is 0 Å². The van der Waals surface area contributed by atoms with E-state index < -0.39 is 7.12 Å².